The molecule has 2 rings (SSSR count). The van der Waals surface area contributed by atoms with Crippen molar-refractivity contribution in [2.75, 3.05) is 11.9 Å². The summed E-state index contributed by atoms with van der Waals surface area (Å²) in [7, 11) is -4.35. The lowest BCUT2D eigenvalue weighted by Gasteiger charge is -2.10. The minimum Gasteiger partial charge on any atom is -0.325 e. The normalized spacial score (nSPS) is 12.0. The van der Waals surface area contributed by atoms with Crippen molar-refractivity contribution in [3.8, 4) is 0 Å². The molecule has 0 aliphatic rings. The van der Waals surface area contributed by atoms with Crippen LogP contribution in [0, 0.1) is 5.82 Å². The van der Waals surface area contributed by atoms with Crippen molar-refractivity contribution in [2.24, 2.45) is 0 Å². The number of anilines is 1. The van der Waals surface area contributed by atoms with Gasteiger partial charge in [-0.05, 0) is 36.4 Å². The van der Waals surface area contributed by atoms with Gasteiger partial charge in [0.05, 0.1) is 22.0 Å². The van der Waals surface area contributed by atoms with Crippen LogP contribution in [0.4, 0.5) is 23.2 Å². The van der Waals surface area contributed by atoms with Crippen molar-refractivity contribution >= 4 is 33.2 Å². The fourth-order valence-corrected chi connectivity index (χ4v) is 3.01. The average molecular weight is 411 g/mol. The molecule has 0 saturated heterocycles. The Labute approximate surface area is 151 Å². The van der Waals surface area contributed by atoms with E-state index in [1.807, 2.05) is 4.72 Å². The average Bonchev–Trinajstić information content (AvgIpc) is 2.56. The Kier molecular flexibility index (Phi) is 5.89. The lowest BCUT2D eigenvalue weighted by atomic mass is 10.2. The van der Waals surface area contributed by atoms with E-state index in [1.165, 1.54) is 12.1 Å². The van der Waals surface area contributed by atoms with Crippen molar-refractivity contribution in [3.05, 3.63) is 58.9 Å². The third kappa shape index (κ3) is 5.16. The molecule has 2 N–H and O–H groups in total. The number of sulfonamides is 1. The van der Waals surface area contributed by atoms with Gasteiger partial charge in [0.1, 0.15) is 5.82 Å². The summed E-state index contributed by atoms with van der Waals surface area (Å²) in [5, 5.41) is 2.07. The van der Waals surface area contributed by atoms with Crippen LogP contribution in [0.2, 0.25) is 5.02 Å². The first kappa shape index (κ1) is 20.1. The van der Waals surface area contributed by atoms with Crippen LogP contribution in [0.3, 0.4) is 0 Å². The van der Waals surface area contributed by atoms with Gasteiger partial charge in [-0.2, -0.15) is 13.2 Å². The Morgan fingerprint density at radius 2 is 1.81 bits per heavy atom. The number of hydrogen-bond donors (Lipinski definition) is 2. The molecule has 0 unspecified atom stereocenters. The Bertz CT molecular complexity index is 933. The first-order valence-electron chi connectivity index (χ1n) is 6.91. The van der Waals surface area contributed by atoms with E-state index in [0.717, 1.165) is 24.3 Å². The molecule has 5 nitrogen and oxygen atoms in total. The monoisotopic (exact) mass is 410 g/mol. The summed E-state index contributed by atoms with van der Waals surface area (Å²) >= 11 is 5.49. The van der Waals surface area contributed by atoms with Crippen molar-refractivity contribution in [2.45, 2.75) is 11.1 Å². The summed E-state index contributed by atoms with van der Waals surface area (Å²) in [6.45, 7) is -0.761. The van der Waals surface area contributed by atoms with E-state index >= 15 is 0 Å². The van der Waals surface area contributed by atoms with Crippen molar-refractivity contribution in [3.63, 3.8) is 0 Å². The molecule has 11 heteroatoms. The van der Waals surface area contributed by atoms with Crippen molar-refractivity contribution in [1.82, 2.24) is 4.72 Å². The number of carbonyl (C=O) groups is 1. The highest BCUT2D eigenvalue weighted by molar-refractivity contribution is 7.89. The third-order valence-electron chi connectivity index (χ3n) is 3.10. The maximum Gasteiger partial charge on any atom is 0.416 e. The number of alkyl halides is 3. The highest BCUT2D eigenvalue weighted by atomic mass is 35.5. The first-order valence-corrected chi connectivity index (χ1v) is 8.77. The zero-order valence-corrected chi connectivity index (χ0v) is 14.3. The second-order valence-electron chi connectivity index (χ2n) is 5.03. The Morgan fingerprint density at radius 3 is 2.42 bits per heavy atom. The van der Waals surface area contributed by atoms with Gasteiger partial charge in [0, 0.05) is 5.69 Å². The van der Waals surface area contributed by atoms with Crippen LogP contribution < -0.4 is 10.0 Å². The summed E-state index contributed by atoms with van der Waals surface area (Å²) in [4.78, 5) is 11.1. The van der Waals surface area contributed by atoms with Crippen LogP contribution in [0.5, 0.6) is 0 Å². The van der Waals surface area contributed by atoms with Gasteiger partial charge in [0.2, 0.25) is 15.9 Å². The number of rotatable bonds is 5. The fourth-order valence-electron chi connectivity index (χ4n) is 1.86. The maximum atomic E-state index is 13.3. The fraction of sp³-hybridized carbons (Fsp3) is 0.133. The summed E-state index contributed by atoms with van der Waals surface area (Å²) in [6, 6.07) is 6.50. The van der Waals surface area contributed by atoms with Crippen LogP contribution in [-0.2, 0) is 21.0 Å². The van der Waals surface area contributed by atoms with Gasteiger partial charge in [0.15, 0.2) is 0 Å². The molecule has 0 heterocycles. The SMILES string of the molecule is O=C(CNS(=O)(=O)c1cccc(C(F)(F)F)c1)Nc1ccc(Cl)c(F)c1. The van der Waals surface area contributed by atoms with E-state index in [2.05, 4.69) is 5.32 Å². The van der Waals surface area contributed by atoms with Crippen LogP contribution in [-0.4, -0.2) is 20.9 Å². The van der Waals surface area contributed by atoms with Gasteiger partial charge in [-0.3, -0.25) is 4.79 Å². The zero-order chi connectivity index (χ0) is 19.5. The van der Waals surface area contributed by atoms with E-state index in [4.69, 9.17) is 11.6 Å². The molecular formula is C15H11ClF4N2O3S. The standard InChI is InChI=1S/C15H11ClF4N2O3S/c16-12-5-4-10(7-13(12)17)22-14(23)8-21-26(24,25)11-3-1-2-9(6-11)15(18,19)20/h1-7,21H,8H2,(H,22,23). The van der Waals surface area contributed by atoms with Gasteiger partial charge in [0.25, 0.3) is 0 Å². The molecule has 0 radical (unpaired) electrons. The lowest BCUT2D eigenvalue weighted by molar-refractivity contribution is -0.137. The van der Waals surface area contributed by atoms with Crippen LogP contribution in [0.15, 0.2) is 47.4 Å². The quantitative estimate of drug-likeness (QED) is 0.742. The largest absolute Gasteiger partial charge is 0.416 e. The summed E-state index contributed by atoms with van der Waals surface area (Å²) in [5.74, 6) is -1.63. The van der Waals surface area contributed by atoms with Crippen LogP contribution in [0.1, 0.15) is 5.56 Å². The second-order valence-corrected chi connectivity index (χ2v) is 7.20. The van der Waals surface area contributed by atoms with Gasteiger partial charge in [-0.25, -0.2) is 17.5 Å². The summed E-state index contributed by atoms with van der Waals surface area (Å²) in [5.41, 5.74) is -1.10. The number of nitrogens with one attached hydrogen (secondary N) is 2. The molecule has 0 fully saturated rings. The van der Waals surface area contributed by atoms with Crippen molar-refractivity contribution < 1.29 is 30.8 Å². The summed E-state index contributed by atoms with van der Waals surface area (Å²) in [6.07, 6.45) is -4.71. The lowest BCUT2D eigenvalue weighted by Crippen LogP contribution is -2.33. The number of halogens is 5. The van der Waals surface area contributed by atoms with E-state index in [1.54, 1.807) is 0 Å². The van der Waals surface area contributed by atoms with E-state index in [0.29, 0.717) is 6.07 Å². The van der Waals surface area contributed by atoms with Gasteiger partial charge in [-0.15, -0.1) is 0 Å². The van der Waals surface area contributed by atoms with Crippen LogP contribution in [0.25, 0.3) is 0 Å². The highest BCUT2D eigenvalue weighted by Gasteiger charge is 2.31. The van der Waals surface area contributed by atoms with Gasteiger partial charge in [-0.1, -0.05) is 17.7 Å². The molecule has 2 aromatic rings. The van der Waals surface area contributed by atoms with Gasteiger partial charge >= 0.3 is 6.18 Å². The Morgan fingerprint density at radius 1 is 1.12 bits per heavy atom. The maximum absolute atomic E-state index is 13.3. The Hall–Kier alpha value is -2.17. The molecule has 0 aliphatic carbocycles. The highest BCUT2D eigenvalue weighted by Crippen LogP contribution is 2.30. The molecule has 0 bridgehead atoms. The summed E-state index contributed by atoms with van der Waals surface area (Å²) < 4.78 is 77.2. The third-order valence-corrected chi connectivity index (χ3v) is 4.80. The molecule has 0 spiro atoms. The molecule has 0 atom stereocenters. The molecule has 2 aromatic carbocycles. The second kappa shape index (κ2) is 7.60. The number of amides is 1. The Balaban J connectivity index is 2.05. The smallest absolute Gasteiger partial charge is 0.325 e. The number of benzene rings is 2. The number of carbonyl (C=O) groups excluding carboxylic acids is 1. The zero-order valence-electron chi connectivity index (χ0n) is 12.8. The predicted molar refractivity (Wildman–Crippen MR) is 86.7 cm³/mol. The first-order chi connectivity index (χ1) is 12.0. The minimum absolute atomic E-state index is 0.0372. The van der Waals surface area contributed by atoms with E-state index in [-0.39, 0.29) is 10.7 Å². The molecular weight excluding hydrogens is 400 g/mol. The van der Waals surface area contributed by atoms with E-state index < -0.39 is 44.9 Å². The molecule has 0 aliphatic heterocycles. The number of hydrogen-bond acceptors (Lipinski definition) is 3. The molecule has 0 aromatic heterocycles. The molecule has 1 amide bonds. The minimum atomic E-state index is -4.71. The molecule has 26 heavy (non-hydrogen) atoms. The van der Waals surface area contributed by atoms with Crippen molar-refractivity contribution in [1.29, 1.82) is 0 Å². The molecule has 140 valence electrons. The van der Waals surface area contributed by atoms with Crippen LogP contribution >= 0.6 is 11.6 Å². The van der Waals surface area contributed by atoms with E-state index in [9.17, 15) is 30.8 Å². The molecule has 0 saturated carbocycles. The predicted octanol–water partition coefficient (Wildman–Crippen LogP) is 3.41. The van der Waals surface area contributed by atoms with Gasteiger partial charge < -0.3 is 5.32 Å². The topological polar surface area (TPSA) is 75.3 Å².